The monoisotopic (exact) mass is 365 g/mol. The SMILES string of the molecule is CCCCC(C)(OCCC)C(=O)Nc1ccc(OC)c(C(=O)OCC)c1. The van der Waals surface area contributed by atoms with Gasteiger partial charge in [0.05, 0.1) is 13.7 Å². The van der Waals surface area contributed by atoms with Crippen LogP contribution in [-0.2, 0) is 14.3 Å². The van der Waals surface area contributed by atoms with E-state index in [1.165, 1.54) is 7.11 Å². The van der Waals surface area contributed by atoms with E-state index in [0.717, 1.165) is 19.3 Å². The number of nitrogens with one attached hydrogen (secondary N) is 1. The number of hydrogen-bond acceptors (Lipinski definition) is 5. The third-order valence-corrected chi connectivity index (χ3v) is 4.07. The minimum Gasteiger partial charge on any atom is -0.496 e. The van der Waals surface area contributed by atoms with Gasteiger partial charge >= 0.3 is 5.97 Å². The van der Waals surface area contributed by atoms with Crippen LogP contribution in [0.5, 0.6) is 5.75 Å². The zero-order chi connectivity index (χ0) is 19.6. The number of ether oxygens (including phenoxy) is 3. The van der Waals surface area contributed by atoms with Crippen LogP contribution in [0, 0.1) is 0 Å². The van der Waals surface area contributed by atoms with Gasteiger partial charge in [0.15, 0.2) is 0 Å². The lowest BCUT2D eigenvalue weighted by molar-refractivity contribution is -0.140. The summed E-state index contributed by atoms with van der Waals surface area (Å²) in [6.07, 6.45) is 3.35. The van der Waals surface area contributed by atoms with Crippen molar-refractivity contribution in [3.05, 3.63) is 23.8 Å². The highest BCUT2D eigenvalue weighted by Gasteiger charge is 2.33. The largest absolute Gasteiger partial charge is 0.496 e. The lowest BCUT2D eigenvalue weighted by Crippen LogP contribution is -2.43. The Bertz CT molecular complexity index is 592. The van der Waals surface area contributed by atoms with Crippen LogP contribution in [0.1, 0.15) is 63.7 Å². The highest BCUT2D eigenvalue weighted by atomic mass is 16.5. The van der Waals surface area contributed by atoms with E-state index in [0.29, 0.717) is 24.5 Å². The highest BCUT2D eigenvalue weighted by molar-refractivity contribution is 5.99. The number of unbranched alkanes of at least 4 members (excludes halogenated alkanes) is 1. The molecule has 1 atom stereocenters. The van der Waals surface area contributed by atoms with Gasteiger partial charge in [-0.2, -0.15) is 0 Å². The number of amides is 1. The molecule has 0 saturated heterocycles. The summed E-state index contributed by atoms with van der Waals surface area (Å²) in [6, 6.07) is 4.90. The maximum Gasteiger partial charge on any atom is 0.341 e. The first-order valence-corrected chi connectivity index (χ1v) is 9.22. The van der Waals surface area contributed by atoms with E-state index in [-0.39, 0.29) is 18.1 Å². The Kier molecular flexibility index (Phi) is 9.13. The van der Waals surface area contributed by atoms with E-state index >= 15 is 0 Å². The number of benzene rings is 1. The number of anilines is 1. The molecule has 146 valence electrons. The van der Waals surface area contributed by atoms with Crippen molar-refractivity contribution in [2.75, 3.05) is 25.6 Å². The van der Waals surface area contributed by atoms with E-state index in [4.69, 9.17) is 14.2 Å². The van der Waals surface area contributed by atoms with Gasteiger partial charge in [-0.3, -0.25) is 4.79 Å². The second-order valence-corrected chi connectivity index (χ2v) is 6.27. The van der Waals surface area contributed by atoms with Crippen molar-refractivity contribution in [3.63, 3.8) is 0 Å². The molecule has 1 aromatic carbocycles. The molecule has 0 bridgehead atoms. The summed E-state index contributed by atoms with van der Waals surface area (Å²) in [5.41, 5.74) is -0.130. The van der Waals surface area contributed by atoms with Crippen LogP contribution in [-0.4, -0.2) is 37.8 Å². The first-order valence-electron chi connectivity index (χ1n) is 9.22. The quantitative estimate of drug-likeness (QED) is 0.595. The van der Waals surface area contributed by atoms with E-state index in [1.54, 1.807) is 25.1 Å². The molecule has 1 amide bonds. The predicted octanol–water partition coefficient (Wildman–Crippen LogP) is 4.19. The lowest BCUT2D eigenvalue weighted by Gasteiger charge is -2.28. The van der Waals surface area contributed by atoms with Crippen molar-refractivity contribution in [3.8, 4) is 5.75 Å². The molecule has 0 saturated carbocycles. The smallest absolute Gasteiger partial charge is 0.341 e. The zero-order valence-electron chi connectivity index (χ0n) is 16.5. The van der Waals surface area contributed by atoms with Crippen molar-refractivity contribution < 1.29 is 23.8 Å². The normalized spacial score (nSPS) is 13.0. The fraction of sp³-hybridized carbons (Fsp3) is 0.600. The highest BCUT2D eigenvalue weighted by Crippen LogP contribution is 2.26. The van der Waals surface area contributed by atoms with Gasteiger partial charge in [-0.25, -0.2) is 4.79 Å². The third-order valence-electron chi connectivity index (χ3n) is 4.07. The second kappa shape index (κ2) is 10.8. The molecule has 1 unspecified atom stereocenters. The Hall–Kier alpha value is -2.08. The van der Waals surface area contributed by atoms with Gasteiger partial charge in [0.25, 0.3) is 5.91 Å². The minimum atomic E-state index is -0.907. The van der Waals surface area contributed by atoms with E-state index < -0.39 is 11.6 Å². The molecule has 0 fully saturated rings. The van der Waals surface area contributed by atoms with Gasteiger partial charge in [0.2, 0.25) is 0 Å². The molecule has 0 aliphatic heterocycles. The number of carbonyl (C=O) groups excluding carboxylic acids is 2. The molecule has 6 nitrogen and oxygen atoms in total. The van der Waals surface area contributed by atoms with E-state index in [2.05, 4.69) is 12.2 Å². The molecule has 6 heteroatoms. The molecular formula is C20H31NO5. The summed E-state index contributed by atoms with van der Waals surface area (Å²) in [5, 5.41) is 2.86. The molecule has 0 aliphatic carbocycles. The van der Waals surface area contributed by atoms with Crippen LogP contribution >= 0.6 is 0 Å². The number of esters is 1. The van der Waals surface area contributed by atoms with E-state index in [9.17, 15) is 9.59 Å². The molecule has 26 heavy (non-hydrogen) atoms. The molecule has 0 heterocycles. The Balaban J connectivity index is 3.01. The van der Waals surface area contributed by atoms with Gasteiger partial charge in [-0.15, -0.1) is 0 Å². The van der Waals surface area contributed by atoms with Gasteiger partial charge in [-0.1, -0.05) is 26.7 Å². The van der Waals surface area contributed by atoms with Gasteiger partial charge < -0.3 is 19.5 Å². The zero-order valence-corrected chi connectivity index (χ0v) is 16.5. The molecular weight excluding hydrogens is 334 g/mol. The predicted molar refractivity (Wildman–Crippen MR) is 102 cm³/mol. The van der Waals surface area contributed by atoms with Crippen molar-refractivity contribution in [2.45, 2.75) is 59.0 Å². The third kappa shape index (κ3) is 6.02. The molecule has 0 aliphatic rings. The fourth-order valence-electron chi connectivity index (χ4n) is 2.51. The van der Waals surface area contributed by atoms with Gasteiger partial charge in [-0.05, 0) is 44.9 Å². The maximum atomic E-state index is 12.8. The second-order valence-electron chi connectivity index (χ2n) is 6.27. The number of methoxy groups -OCH3 is 1. The topological polar surface area (TPSA) is 73.9 Å². The summed E-state index contributed by atoms with van der Waals surface area (Å²) in [4.78, 5) is 24.9. The van der Waals surface area contributed by atoms with Crippen LogP contribution in [0.4, 0.5) is 5.69 Å². The molecule has 1 aromatic rings. The molecule has 1 rings (SSSR count). The lowest BCUT2D eigenvalue weighted by atomic mass is 9.97. The van der Waals surface area contributed by atoms with Crippen molar-refractivity contribution >= 4 is 17.6 Å². The van der Waals surface area contributed by atoms with Crippen LogP contribution in [0.15, 0.2) is 18.2 Å². The Morgan fingerprint density at radius 3 is 2.46 bits per heavy atom. The fourth-order valence-corrected chi connectivity index (χ4v) is 2.51. The molecule has 0 spiro atoms. The van der Waals surface area contributed by atoms with Crippen LogP contribution in [0.2, 0.25) is 0 Å². The van der Waals surface area contributed by atoms with Crippen LogP contribution in [0.3, 0.4) is 0 Å². The number of carbonyl (C=O) groups is 2. The molecule has 0 radical (unpaired) electrons. The summed E-state index contributed by atoms with van der Waals surface area (Å²) >= 11 is 0. The van der Waals surface area contributed by atoms with Crippen molar-refractivity contribution in [2.24, 2.45) is 0 Å². The van der Waals surface area contributed by atoms with Crippen LogP contribution in [0.25, 0.3) is 0 Å². The Labute approximate surface area is 156 Å². The Morgan fingerprint density at radius 1 is 1.15 bits per heavy atom. The van der Waals surface area contributed by atoms with Crippen molar-refractivity contribution in [1.29, 1.82) is 0 Å². The number of hydrogen-bond donors (Lipinski definition) is 1. The summed E-state index contributed by atoms with van der Waals surface area (Å²) in [5.74, 6) is -0.312. The minimum absolute atomic E-state index is 0.223. The van der Waals surface area contributed by atoms with Crippen LogP contribution < -0.4 is 10.1 Å². The average Bonchev–Trinajstić information content (AvgIpc) is 2.64. The molecule has 1 N–H and O–H groups in total. The van der Waals surface area contributed by atoms with E-state index in [1.807, 2.05) is 13.8 Å². The maximum absolute atomic E-state index is 12.8. The summed E-state index contributed by atoms with van der Waals surface area (Å²) in [6.45, 7) is 8.41. The summed E-state index contributed by atoms with van der Waals surface area (Å²) < 4.78 is 16.1. The van der Waals surface area contributed by atoms with Gasteiger partial charge in [0, 0.05) is 12.3 Å². The summed E-state index contributed by atoms with van der Waals surface area (Å²) in [7, 11) is 1.48. The first kappa shape index (κ1) is 22.0. The number of rotatable bonds is 11. The standard InChI is InChI=1S/C20H31NO5/c1-6-9-12-20(4,26-13-7-2)19(23)21-15-10-11-17(24-5)16(14-15)18(22)25-8-3/h10-11,14H,6-9,12-13H2,1-5H3,(H,21,23). The van der Waals surface area contributed by atoms with Crippen molar-refractivity contribution in [1.82, 2.24) is 0 Å². The van der Waals surface area contributed by atoms with Gasteiger partial charge in [0.1, 0.15) is 16.9 Å². The average molecular weight is 365 g/mol. The Morgan fingerprint density at radius 2 is 1.88 bits per heavy atom. The first-order chi connectivity index (χ1) is 12.4. The molecule has 0 aromatic heterocycles.